The predicted octanol–water partition coefficient (Wildman–Crippen LogP) is 2.84. The molecule has 0 aliphatic heterocycles. The lowest BCUT2D eigenvalue weighted by atomic mass is 10.2. The number of anilines is 1. The fourth-order valence-electron chi connectivity index (χ4n) is 1.02. The molecule has 0 saturated heterocycles. The van der Waals surface area contributed by atoms with E-state index in [0.717, 1.165) is 11.2 Å². The maximum Gasteiger partial charge on any atom is 0.183 e. The van der Waals surface area contributed by atoms with Crippen LogP contribution in [0.5, 0.6) is 0 Å². The average Bonchev–Trinajstić information content (AvgIpc) is 2.66. The first kappa shape index (κ1) is 8.05. The van der Waals surface area contributed by atoms with Crippen LogP contribution in [0.3, 0.4) is 0 Å². The summed E-state index contributed by atoms with van der Waals surface area (Å²) in [7, 11) is 0. The molecule has 1 heterocycles. The number of nitrogens with one attached hydrogen (secondary N) is 1. The zero-order valence-electron chi connectivity index (χ0n) is 7.50. The molecule has 0 radical (unpaired) electrons. The van der Waals surface area contributed by atoms with E-state index in [4.69, 9.17) is 0 Å². The number of hydrogen-bond donors (Lipinski definition) is 1. The summed E-state index contributed by atoms with van der Waals surface area (Å²) >= 11 is 1.79. The van der Waals surface area contributed by atoms with Crippen molar-refractivity contribution < 1.29 is 0 Å². The van der Waals surface area contributed by atoms with Gasteiger partial charge >= 0.3 is 0 Å². The third-order valence-electron chi connectivity index (χ3n) is 2.00. The van der Waals surface area contributed by atoms with Crippen molar-refractivity contribution in [1.82, 2.24) is 4.98 Å². The summed E-state index contributed by atoms with van der Waals surface area (Å²) in [6, 6.07) is 0.719. The van der Waals surface area contributed by atoms with Crippen LogP contribution in [0.25, 0.3) is 0 Å². The molecule has 1 aliphatic carbocycles. The Balaban J connectivity index is 2.02. The van der Waals surface area contributed by atoms with Gasteiger partial charge in [-0.3, -0.25) is 0 Å². The zero-order chi connectivity index (χ0) is 8.55. The highest BCUT2D eigenvalue weighted by molar-refractivity contribution is 7.15. The molecule has 66 valence electrons. The molecule has 0 spiro atoms. The molecule has 1 saturated carbocycles. The molecule has 3 heteroatoms. The average molecular weight is 182 g/mol. The third-order valence-corrected chi connectivity index (χ3v) is 3.23. The standard InChI is InChI=1S/C9H14N2S/c1-6(2)8-5-10-9(12-8)11-7-3-4-7/h5-7H,3-4H2,1-2H3,(H,10,11). The van der Waals surface area contributed by atoms with Crippen LogP contribution < -0.4 is 5.32 Å². The van der Waals surface area contributed by atoms with Crippen LogP contribution in [0.2, 0.25) is 0 Å². The Bertz CT molecular complexity index is 263. The van der Waals surface area contributed by atoms with Crippen molar-refractivity contribution in [2.75, 3.05) is 5.32 Å². The SMILES string of the molecule is CC(C)c1cnc(NC2CC2)s1. The number of hydrogen-bond acceptors (Lipinski definition) is 3. The molecule has 1 N–H and O–H groups in total. The Morgan fingerprint density at radius 2 is 2.33 bits per heavy atom. The minimum absolute atomic E-state index is 0.609. The van der Waals surface area contributed by atoms with E-state index in [1.807, 2.05) is 6.20 Å². The van der Waals surface area contributed by atoms with Gasteiger partial charge in [-0.1, -0.05) is 13.8 Å². The number of nitrogens with zero attached hydrogens (tertiary/aromatic N) is 1. The van der Waals surface area contributed by atoms with Crippen LogP contribution in [-0.2, 0) is 0 Å². The van der Waals surface area contributed by atoms with Gasteiger partial charge in [0.15, 0.2) is 5.13 Å². The smallest absolute Gasteiger partial charge is 0.183 e. The molecule has 1 aromatic rings. The molecule has 0 aromatic carbocycles. The topological polar surface area (TPSA) is 24.9 Å². The molecule has 1 aliphatic rings. The van der Waals surface area contributed by atoms with Crippen molar-refractivity contribution in [3.63, 3.8) is 0 Å². The number of thiazole rings is 1. The minimum atomic E-state index is 0.609. The van der Waals surface area contributed by atoms with Crippen molar-refractivity contribution in [3.05, 3.63) is 11.1 Å². The second-order valence-corrected chi connectivity index (χ2v) is 4.70. The second kappa shape index (κ2) is 3.05. The molecule has 0 amide bonds. The van der Waals surface area contributed by atoms with Crippen molar-refractivity contribution in [2.45, 2.75) is 38.6 Å². The summed E-state index contributed by atoms with van der Waals surface area (Å²) in [5.41, 5.74) is 0. The Kier molecular flexibility index (Phi) is 2.05. The summed E-state index contributed by atoms with van der Waals surface area (Å²) < 4.78 is 0. The van der Waals surface area contributed by atoms with Crippen LogP contribution in [0, 0.1) is 0 Å². The van der Waals surface area contributed by atoms with E-state index in [0.29, 0.717) is 5.92 Å². The lowest BCUT2D eigenvalue weighted by Gasteiger charge is -1.97. The molecule has 2 rings (SSSR count). The van der Waals surface area contributed by atoms with E-state index in [9.17, 15) is 0 Å². The Hall–Kier alpha value is -0.570. The van der Waals surface area contributed by atoms with Gasteiger partial charge in [-0.15, -0.1) is 11.3 Å². The molecular weight excluding hydrogens is 168 g/mol. The molecule has 12 heavy (non-hydrogen) atoms. The van der Waals surface area contributed by atoms with E-state index in [1.54, 1.807) is 11.3 Å². The van der Waals surface area contributed by atoms with Crippen LogP contribution in [-0.4, -0.2) is 11.0 Å². The molecule has 1 fully saturated rings. The largest absolute Gasteiger partial charge is 0.359 e. The fraction of sp³-hybridized carbons (Fsp3) is 0.667. The highest BCUT2D eigenvalue weighted by Gasteiger charge is 2.22. The second-order valence-electron chi connectivity index (χ2n) is 3.64. The van der Waals surface area contributed by atoms with Gasteiger partial charge in [-0.25, -0.2) is 4.98 Å². The predicted molar refractivity (Wildman–Crippen MR) is 52.8 cm³/mol. The Labute approximate surface area is 77.0 Å². The molecular formula is C9H14N2S. The van der Waals surface area contributed by atoms with E-state index in [1.165, 1.54) is 17.7 Å². The first-order valence-corrected chi connectivity index (χ1v) is 5.29. The van der Waals surface area contributed by atoms with Crippen molar-refractivity contribution >= 4 is 16.5 Å². The lowest BCUT2D eigenvalue weighted by molar-refractivity contribution is 0.885. The molecule has 1 aromatic heterocycles. The molecule has 0 atom stereocenters. The number of rotatable bonds is 3. The van der Waals surface area contributed by atoms with Gasteiger partial charge in [0.2, 0.25) is 0 Å². The summed E-state index contributed by atoms with van der Waals surface area (Å²) in [5, 5.41) is 4.50. The van der Waals surface area contributed by atoms with Gasteiger partial charge < -0.3 is 5.32 Å². The van der Waals surface area contributed by atoms with Crippen LogP contribution >= 0.6 is 11.3 Å². The fourth-order valence-corrected chi connectivity index (χ4v) is 1.92. The third kappa shape index (κ3) is 1.78. The van der Waals surface area contributed by atoms with Gasteiger partial charge in [0.1, 0.15) is 0 Å². The van der Waals surface area contributed by atoms with Gasteiger partial charge in [0, 0.05) is 17.1 Å². The van der Waals surface area contributed by atoms with E-state index < -0.39 is 0 Å². The molecule has 2 nitrogen and oxygen atoms in total. The van der Waals surface area contributed by atoms with Gasteiger partial charge in [0.05, 0.1) is 0 Å². The zero-order valence-corrected chi connectivity index (χ0v) is 8.32. The Morgan fingerprint density at radius 3 is 2.83 bits per heavy atom. The molecule has 0 unspecified atom stereocenters. The first-order valence-electron chi connectivity index (χ1n) is 4.48. The van der Waals surface area contributed by atoms with Crippen molar-refractivity contribution in [1.29, 1.82) is 0 Å². The quantitative estimate of drug-likeness (QED) is 0.777. The summed E-state index contributed by atoms with van der Waals surface area (Å²) in [6.07, 6.45) is 4.62. The maximum atomic E-state index is 4.32. The monoisotopic (exact) mass is 182 g/mol. The lowest BCUT2D eigenvalue weighted by Crippen LogP contribution is -1.98. The summed E-state index contributed by atoms with van der Waals surface area (Å²) in [4.78, 5) is 5.70. The van der Waals surface area contributed by atoms with Crippen LogP contribution in [0.15, 0.2) is 6.20 Å². The van der Waals surface area contributed by atoms with Crippen molar-refractivity contribution in [2.24, 2.45) is 0 Å². The van der Waals surface area contributed by atoms with E-state index in [-0.39, 0.29) is 0 Å². The van der Waals surface area contributed by atoms with Gasteiger partial charge in [0.25, 0.3) is 0 Å². The van der Waals surface area contributed by atoms with Gasteiger partial charge in [-0.2, -0.15) is 0 Å². The minimum Gasteiger partial charge on any atom is -0.359 e. The maximum absolute atomic E-state index is 4.32. The highest BCUT2D eigenvalue weighted by atomic mass is 32.1. The normalized spacial score (nSPS) is 16.9. The number of aromatic nitrogens is 1. The summed E-state index contributed by atoms with van der Waals surface area (Å²) in [6.45, 7) is 4.41. The van der Waals surface area contributed by atoms with Gasteiger partial charge in [-0.05, 0) is 18.8 Å². The Morgan fingerprint density at radius 1 is 1.58 bits per heavy atom. The van der Waals surface area contributed by atoms with E-state index >= 15 is 0 Å². The summed E-state index contributed by atoms with van der Waals surface area (Å²) in [5.74, 6) is 0.609. The van der Waals surface area contributed by atoms with Crippen LogP contribution in [0.1, 0.15) is 37.5 Å². The highest BCUT2D eigenvalue weighted by Crippen LogP contribution is 2.29. The van der Waals surface area contributed by atoms with Crippen LogP contribution in [0.4, 0.5) is 5.13 Å². The van der Waals surface area contributed by atoms with Crippen molar-refractivity contribution in [3.8, 4) is 0 Å². The van der Waals surface area contributed by atoms with E-state index in [2.05, 4.69) is 24.1 Å². The molecule has 0 bridgehead atoms. The first-order chi connectivity index (χ1) is 5.75.